The Bertz CT molecular complexity index is 1060. The Morgan fingerprint density at radius 1 is 0.971 bits per heavy atom. The summed E-state index contributed by atoms with van der Waals surface area (Å²) in [5, 5.41) is 5.00. The van der Waals surface area contributed by atoms with E-state index in [4.69, 9.17) is 0 Å². The Hall–Kier alpha value is -3.82. The summed E-state index contributed by atoms with van der Waals surface area (Å²) in [5.74, 6) is -4.20. The lowest BCUT2D eigenvalue weighted by molar-refractivity contribution is -0.135. The van der Waals surface area contributed by atoms with Crippen molar-refractivity contribution in [2.24, 2.45) is 0 Å². The summed E-state index contributed by atoms with van der Waals surface area (Å²) in [6.45, 7) is 1.80. The molecule has 34 heavy (non-hydrogen) atoms. The highest BCUT2D eigenvalue weighted by atomic mass is 19.1. The lowest BCUT2D eigenvalue weighted by Gasteiger charge is -2.24. The van der Waals surface area contributed by atoms with Crippen molar-refractivity contribution in [1.29, 1.82) is 0 Å². The van der Waals surface area contributed by atoms with Gasteiger partial charge in [-0.15, -0.1) is 0 Å². The van der Waals surface area contributed by atoms with E-state index in [0.29, 0.717) is 23.9 Å². The Kier molecular flexibility index (Phi) is 7.60. The summed E-state index contributed by atoms with van der Waals surface area (Å²) in [6, 6.07) is 7.08. The molecule has 0 bridgehead atoms. The van der Waals surface area contributed by atoms with Crippen LogP contribution in [0.15, 0.2) is 42.5 Å². The molecule has 0 radical (unpaired) electrons. The average molecular weight is 472 g/mol. The highest BCUT2D eigenvalue weighted by Gasteiger charge is 2.39. The van der Waals surface area contributed by atoms with Crippen LogP contribution in [-0.2, 0) is 25.6 Å². The van der Waals surface area contributed by atoms with E-state index in [1.807, 2.05) is 0 Å². The number of amides is 4. The third-order valence-corrected chi connectivity index (χ3v) is 5.56. The number of hydrogen-bond acceptors (Lipinski definition) is 4. The van der Waals surface area contributed by atoms with Crippen LogP contribution < -0.4 is 20.4 Å². The highest BCUT2D eigenvalue weighted by molar-refractivity contribution is 6.21. The number of halogens is 2. The smallest absolute Gasteiger partial charge is 0.259 e. The standard InChI is InChI=1S/C24H26F2N4O4/c1-4-7-17(27-20(31)12-14-10-15(25)13-16(26)11-14)22(32)28-21-23(33)29(2)18-8-5-6-9-19(18)30(3)24(21)34/h5-6,8-11,13,17,21H,4,7,12H2,1-3H3,(H,27,31)(H,28,32)/t17-/m0/s1. The maximum atomic E-state index is 13.4. The van der Waals surface area contributed by atoms with Gasteiger partial charge in [0.15, 0.2) is 6.04 Å². The average Bonchev–Trinajstić information content (AvgIpc) is 2.84. The molecular weight excluding hydrogens is 446 g/mol. The van der Waals surface area contributed by atoms with Gasteiger partial charge in [0.05, 0.1) is 17.8 Å². The molecule has 0 saturated heterocycles. The minimum atomic E-state index is -1.48. The van der Waals surface area contributed by atoms with Crippen LogP contribution in [0, 0.1) is 11.6 Å². The summed E-state index contributed by atoms with van der Waals surface area (Å²) < 4.78 is 26.8. The molecule has 8 nitrogen and oxygen atoms in total. The van der Waals surface area contributed by atoms with Crippen LogP contribution in [0.5, 0.6) is 0 Å². The molecule has 0 saturated carbocycles. The minimum Gasteiger partial charge on any atom is -0.344 e. The van der Waals surface area contributed by atoms with E-state index in [1.54, 1.807) is 31.2 Å². The number of nitrogens with one attached hydrogen (secondary N) is 2. The largest absolute Gasteiger partial charge is 0.344 e. The topological polar surface area (TPSA) is 98.8 Å². The Labute approximate surface area is 195 Å². The van der Waals surface area contributed by atoms with E-state index in [-0.39, 0.29) is 18.4 Å². The van der Waals surface area contributed by atoms with Crippen molar-refractivity contribution >= 4 is 35.0 Å². The number of nitrogens with zero attached hydrogens (tertiary/aromatic N) is 2. The first kappa shape index (κ1) is 24.8. The van der Waals surface area contributed by atoms with E-state index in [0.717, 1.165) is 12.1 Å². The number of carbonyl (C=O) groups excluding carboxylic acids is 4. The Morgan fingerprint density at radius 2 is 1.50 bits per heavy atom. The van der Waals surface area contributed by atoms with Gasteiger partial charge in [-0.3, -0.25) is 19.2 Å². The fourth-order valence-electron chi connectivity index (χ4n) is 3.83. The van der Waals surface area contributed by atoms with Gasteiger partial charge < -0.3 is 20.4 Å². The van der Waals surface area contributed by atoms with Crippen LogP contribution in [0.1, 0.15) is 25.3 Å². The predicted octanol–water partition coefficient (Wildman–Crippen LogP) is 1.92. The molecule has 4 amide bonds. The number of hydrogen-bond donors (Lipinski definition) is 2. The molecule has 2 aromatic carbocycles. The minimum absolute atomic E-state index is 0.112. The molecule has 0 spiro atoms. The highest BCUT2D eigenvalue weighted by Crippen LogP contribution is 2.31. The normalized spacial score (nSPS) is 15.0. The van der Waals surface area contributed by atoms with E-state index < -0.39 is 47.3 Å². The van der Waals surface area contributed by atoms with Gasteiger partial charge in [-0.1, -0.05) is 25.5 Å². The van der Waals surface area contributed by atoms with Crippen LogP contribution in [0.2, 0.25) is 0 Å². The molecule has 1 heterocycles. The van der Waals surface area contributed by atoms with Crippen molar-refractivity contribution in [1.82, 2.24) is 10.6 Å². The van der Waals surface area contributed by atoms with Crippen molar-refractivity contribution in [3.63, 3.8) is 0 Å². The van der Waals surface area contributed by atoms with E-state index in [2.05, 4.69) is 10.6 Å². The van der Waals surface area contributed by atoms with Crippen LogP contribution in [0.25, 0.3) is 0 Å². The van der Waals surface area contributed by atoms with Gasteiger partial charge in [0.1, 0.15) is 17.7 Å². The zero-order chi connectivity index (χ0) is 25.0. The molecule has 1 aliphatic rings. The lowest BCUT2D eigenvalue weighted by atomic mass is 10.1. The molecule has 0 fully saturated rings. The molecule has 2 aromatic rings. The molecule has 0 aromatic heterocycles. The third-order valence-electron chi connectivity index (χ3n) is 5.56. The number of carbonyl (C=O) groups is 4. The summed E-state index contributed by atoms with van der Waals surface area (Å²) in [6.07, 6.45) is 0.408. The summed E-state index contributed by atoms with van der Waals surface area (Å²) in [4.78, 5) is 54.1. The van der Waals surface area contributed by atoms with Crippen molar-refractivity contribution < 1.29 is 28.0 Å². The maximum Gasteiger partial charge on any atom is 0.259 e. The van der Waals surface area contributed by atoms with E-state index in [1.165, 1.54) is 23.9 Å². The molecule has 0 unspecified atom stereocenters. The fourth-order valence-corrected chi connectivity index (χ4v) is 3.83. The van der Waals surface area contributed by atoms with Gasteiger partial charge in [-0.25, -0.2) is 8.78 Å². The van der Waals surface area contributed by atoms with Crippen LogP contribution >= 0.6 is 0 Å². The van der Waals surface area contributed by atoms with Gasteiger partial charge in [-0.2, -0.15) is 0 Å². The van der Waals surface area contributed by atoms with E-state index in [9.17, 15) is 28.0 Å². The number of benzene rings is 2. The second-order valence-corrected chi connectivity index (χ2v) is 8.09. The zero-order valence-electron chi connectivity index (χ0n) is 19.1. The van der Waals surface area contributed by atoms with Crippen LogP contribution in [-0.4, -0.2) is 49.8 Å². The number of likely N-dealkylation sites (N-methyl/N-ethyl adjacent to an activating group) is 2. The summed E-state index contributed by atoms with van der Waals surface area (Å²) in [7, 11) is 3.02. The second kappa shape index (κ2) is 10.4. The molecular formula is C24H26F2N4O4. The van der Waals surface area contributed by atoms with Gasteiger partial charge in [0, 0.05) is 20.2 Å². The number of anilines is 2. The summed E-state index contributed by atoms with van der Waals surface area (Å²) >= 11 is 0. The molecule has 10 heteroatoms. The molecule has 2 N–H and O–H groups in total. The van der Waals surface area contributed by atoms with Gasteiger partial charge >= 0.3 is 0 Å². The summed E-state index contributed by atoms with van der Waals surface area (Å²) in [5.41, 5.74) is 1.14. The van der Waals surface area contributed by atoms with Crippen LogP contribution in [0.4, 0.5) is 20.2 Å². The first-order chi connectivity index (χ1) is 16.1. The Balaban J connectivity index is 1.75. The quantitative estimate of drug-likeness (QED) is 0.602. The first-order valence-electron chi connectivity index (χ1n) is 10.8. The zero-order valence-corrected chi connectivity index (χ0v) is 19.1. The molecule has 1 atom stereocenters. The fraction of sp³-hybridized carbons (Fsp3) is 0.333. The predicted molar refractivity (Wildman–Crippen MR) is 122 cm³/mol. The molecule has 180 valence electrons. The number of para-hydroxylation sites is 2. The molecule has 0 aliphatic carbocycles. The Morgan fingerprint density at radius 3 is 2.00 bits per heavy atom. The van der Waals surface area contributed by atoms with Crippen molar-refractivity contribution in [3.05, 3.63) is 59.7 Å². The molecule has 1 aliphatic heterocycles. The first-order valence-corrected chi connectivity index (χ1v) is 10.8. The second-order valence-electron chi connectivity index (χ2n) is 8.09. The maximum absolute atomic E-state index is 13.4. The van der Waals surface area contributed by atoms with Crippen molar-refractivity contribution in [2.75, 3.05) is 23.9 Å². The number of rotatable bonds is 7. The van der Waals surface area contributed by atoms with Gasteiger partial charge in [-0.05, 0) is 36.2 Å². The van der Waals surface area contributed by atoms with E-state index >= 15 is 0 Å². The van der Waals surface area contributed by atoms with Gasteiger partial charge in [0.2, 0.25) is 11.8 Å². The lowest BCUT2D eigenvalue weighted by Crippen LogP contribution is -2.58. The van der Waals surface area contributed by atoms with Gasteiger partial charge in [0.25, 0.3) is 11.8 Å². The molecule has 3 rings (SSSR count). The van der Waals surface area contributed by atoms with Crippen LogP contribution in [0.3, 0.4) is 0 Å². The SMILES string of the molecule is CCC[C@H](NC(=O)Cc1cc(F)cc(F)c1)C(=O)NC1C(=O)N(C)c2ccccc2N(C)C1=O. The van der Waals surface area contributed by atoms with Crippen molar-refractivity contribution in [2.45, 2.75) is 38.3 Å². The third kappa shape index (κ3) is 5.38. The van der Waals surface area contributed by atoms with Crippen molar-refractivity contribution in [3.8, 4) is 0 Å². The monoisotopic (exact) mass is 472 g/mol. The number of fused-ring (bicyclic) bond motifs is 1.